The Bertz CT molecular complexity index is 479. The molecule has 5 heteroatoms. The highest BCUT2D eigenvalue weighted by molar-refractivity contribution is 6.42. The summed E-state index contributed by atoms with van der Waals surface area (Å²) in [6.07, 6.45) is 2.59. The Labute approximate surface area is 123 Å². The normalized spacial score (nSPS) is 20.6. The minimum absolute atomic E-state index is 0.0241. The summed E-state index contributed by atoms with van der Waals surface area (Å²) in [5.74, 6) is 0.0241. The predicted octanol–water partition coefficient (Wildman–Crippen LogP) is 3.39. The predicted molar refractivity (Wildman–Crippen MR) is 78.4 cm³/mol. The van der Waals surface area contributed by atoms with Crippen molar-refractivity contribution < 1.29 is 4.79 Å². The standard InChI is InChI=1S/C14H18Cl2N2O/c1-2-12(17)14(19)18-7-3-4-13(18)9-5-6-10(15)11(16)8-9/h5-6,8,12-13H,2-4,7,17H2,1H3/t12-,13?/m0/s1. The first kappa shape index (κ1) is 14.6. The second kappa shape index (κ2) is 6.12. The van der Waals surface area contributed by atoms with Crippen LogP contribution in [0.1, 0.15) is 37.8 Å². The lowest BCUT2D eigenvalue weighted by atomic mass is 10.0. The number of benzene rings is 1. The Kier molecular flexibility index (Phi) is 4.71. The molecule has 104 valence electrons. The van der Waals surface area contributed by atoms with Gasteiger partial charge in [0.25, 0.3) is 0 Å². The molecule has 0 radical (unpaired) electrons. The molecule has 1 amide bonds. The smallest absolute Gasteiger partial charge is 0.239 e. The summed E-state index contributed by atoms with van der Waals surface area (Å²) in [6.45, 7) is 2.68. The van der Waals surface area contributed by atoms with Crippen molar-refractivity contribution in [2.75, 3.05) is 6.54 Å². The zero-order chi connectivity index (χ0) is 14.0. The van der Waals surface area contributed by atoms with E-state index in [2.05, 4.69) is 0 Å². The maximum atomic E-state index is 12.3. The molecule has 0 aromatic heterocycles. The molecule has 1 aliphatic heterocycles. The van der Waals surface area contributed by atoms with Crippen LogP contribution in [-0.2, 0) is 4.79 Å². The average molecular weight is 301 g/mol. The van der Waals surface area contributed by atoms with Crippen LogP contribution in [0.2, 0.25) is 10.0 Å². The van der Waals surface area contributed by atoms with E-state index >= 15 is 0 Å². The summed E-state index contributed by atoms with van der Waals surface area (Å²) >= 11 is 12.0. The molecule has 1 aliphatic rings. The second-order valence-corrected chi connectivity index (χ2v) is 5.69. The summed E-state index contributed by atoms with van der Waals surface area (Å²) in [7, 11) is 0. The summed E-state index contributed by atoms with van der Waals surface area (Å²) in [5.41, 5.74) is 6.88. The number of halogens is 2. The third-order valence-electron chi connectivity index (χ3n) is 3.62. The number of carbonyl (C=O) groups is 1. The van der Waals surface area contributed by atoms with E-state index in [-0.39, 0.29) is 11.9 Å². The third-order valence-corrected chi connectivity index (χ3v) is 4.36. The van der Waals surface area contributed by atoms with Crippen molar-refractivity contribution in [3.63, 3.8) is 0 Å². The number of nitrogens with zero attached hydrogens (tertiary/aromatic N) is 1. The van der Waals surface area contributed by atoms with Gasteiger partial charge in [-0.2, -0.15) is 0 Å². The molecule has 1 fully saturated rings. The number of rotatable bonds is 3. The Hall–Kier alpha value is -0.770. The number of hydrogen-bond donors (Lipinski definition) is 1. The summed E-state index contributed by atoms with van der Waals surface area (Å²) in [4.78, 5) is 14.1. The summed E-state index contributed by atoms with van der Waals surface area (Å²) in [6, 6.07) is 5.21. The maximum Gasteiger partial charge on any atom is 0.239 e. The second-order valence-electron chi connectivity index (χ2n) is 4.88. The minimum Gasteiger partial charge on any atom is -0.334 e. The molecule has 3 nitrogen and oxygen atoms in total. The molecule has 1 unspecified atom stereocenters. The van der Waals surface area contributed by atoms with Gasteiger partial charge < -0.3 is 10.6 Å². The lowest BCUT2D eigenvalue weighted by Crippen LogP contribution is -2.43. The van der Waals surface area contributed by atoms with Gasteiger partial charge in [0.05, 0.1) is 22.1 Å². The molecule has 0 bridgehead atoms. The Morgan fingerprint density at radius 2 is 2.21 bits per heavy atom. The zero-order valence-corrected chi connectivity index (χ0v) is 12.4. The van der Waals surface area contributed by atoms with Gasteiger partial charge in [0.15, 0.2) is 0 Å². The number of hydrogen-bond acceptors (Lipinski definition) is 2. The van der Waals surface area contributed by atoms with Crippen LogP contribution < -0.4 is 5.73 Å². The van der Waals surface area contributed by atoms with E-state index in [9.17, 15) is 4.79 Å². The van der Waals surface area contributed by atoms with E-state index in [4.69, 9.17) is 28.9 Å². The fraction of sp³-hybridized carbons (Fsp3) is 0.500. The molecule has 1 heterocycles. The van der Waals surface area contributed by atoms with Gasteiger partial charge in [-0.1, -0.05) is 36.2 Å². The van der Waals surface area contributed by atoms with Crippen molar-refractivity contribution in [3.8, 4) is 0 Å². The number of likely N-dealkylation sites (tertiary alicyclic amines) is 1. The average Bonchev–Trinajstić information content (AvgIpc) is 2.89. The van der Waals surface area contributed by atoms with Crippen LogP contribution in [0.4, 0.5) is 0 Å². The maximum absolute atomic E-state index is 12.3. The van der Waals surface area contributed by atoms with E-state index < -0.39 is 6.04 Å². The Balaban J connectivity index is 2.23. The van der Waals surface area contributed by atoms with Gasteiger partial charge in [0.2, 0.25) is 5.91 Å². The van der Waals surface area contributed by atoms with Crippen molar-refractivity contribution in [1.29, 1.82) is 0 Å². The number of nitrogens with two attached hydrogens (primary N) is 1. The molecular formula is C14H18Cl2N2O. The molecule has 19 heavy (non-hydrogen) atoms. The van der Waals surface area contributed by atoms with Crippen LogP contribution >= 0.6 is 23.2 Å². The van der Waals surface area contributed by atoms with Gasteiger partial charge in [-0.3, -0.25) is 4.79 Å². The highest BCUT2D eigenvalue weighted by Crippen LogP contribution is 2.35. The van der Waals surface area contributed by atoms with Gasteiger partial charge in [-0.15, -0.1) is 0 Å². The molecule has 2 N–H and O–H groups in total. The first-order chi connectivity index (χ1) is 9.04. The molecule has 0 saturated carbocycles. The van der Waals surface area contributed by atoms with Crippen LogP contribution in [0.3, 0.4) is 0 Å². The van der Waals surface area contributed by atoms with Crippen molar-refractivity contribution in [3.05, 3.63) is 33.8 Å². The number of amides is 1. The lowest BCUT2D eigenvalue weighted by molar-refractivity contribution is -0.133. The van der Waals surface area contributed by atoms with Crippen molar-refractivity contribution in [1.82, 2.24) is 4.90 Å². The van der Waals surface area contributed by atoms with Crippen molar-refractivity contribution >= 4 is 29.1 Å². The summed E-state index contributed by atoms with van der Waals surface area (Å²) in [5, 5.41) is 1.06. The molecule has 1 saturated heterocycles. The molecule has 2 rings (SSSR count). The molecule has 2 atom stereocenters. The molecule has 1 aromatic carbocycles. The van der Waals surface area contributed by atoms with Gasteiger partial charge in [0.1, 0.15) is 0 Å². The molecule has 0 spiro atoms. The topological polar surface area (TPSA) is 46.3 Å². The lowest BCUT2D eigenvalue weighted by Gasteiger charge is -2.27. The van der Waals surface area contributed by atoms with Crippen LogP contribution in [0.25, 0.3) is 0 Å². The molecular weight excluding hydrogens is 283 g/mol. The first-order valence-corrected chi connectivity index (χ1v) is 7.31. The quantitative estimate of drug-likeness (QED) is 0.930. The monoisotopic (exact) mass is 300 g/mol. The first-order valence-electron chi connectivity index (χ1n) is 6.55. The van der Waals surface area contributed by atoms with E-state index in [0.29, 0.717) is 16.5 Å². The largest absolute Gasteiger partial charge is 0.334 e. The Morgan fingerprint density at radius 1 is 1.47 bits per heavy atom. The van der Waals surface area contributed by atoms with Gasteiger partial charge in [-0.05, 0) is 37.0 Å². The van der Waals surface area contributed by atoms with Crippen LogP contribution in [0, 0.1) is 0 Å². The van der Waals surface area contributed by atoms with Gasteiger partial charge >= 0.3 is 0 Å². The highest BCUT2D eigenvalue weighted by Gasteiger charge is 2.32. The van der Waals surface area contributed by atoms with E-state index in [0.717, 1.165) is 24.9 Å². The van der Waals surface area contributed by atoms with E-state index in [1.165, 1.54) is 0 Å². The van der Waals surface area contributed by atoms with Gasteiger partial charge in [-0.25, -0.2) is 0 Å². The fourth-order valence-electron chi connectivity index (χ4n) is 2.48. The van der Waals surface area contributed by atoms with Crippen LogP contribution in [-0.4, -0.2) is 23.4 Å². The zero-order valence-electron chi connectivity index (χ0n) is 10.9. The van der Waals surface area contributed by atoms with Crippen molar-refractivity contribution in [2.24, 2.45) is 5.73 Å². The summed E-state index contributed by atoms with van der Waals surface area (Å²) < 4.78 is 0. The highest BCUT2D eigenvalue weighted by atomic mass is 35.5. The third kappa shape index (κ3) is 3.04. The Morgan fingerprint density at radius 3 is 2.84 bits per heavy atom. The van der Waals surface area contributed by atoms with Gasteiger partial charge in [0, 0.05) is 6.54 Å². The minimum atomic E-state index is -0.414. The van der Waals surface area contributed by atoms with Crippen molar-refractivity contribution in [2.45, 2.75) is 38.3 Å². The van der Waals surface area contributed by atoms with E-state index in [1.807, 2.05) is 24.0 Å². The number of carbonyl (C=O) groups excluding carboxylic acids is 1. The van der Waals surface area contributed by atoms with Crippen LogP contribution in [0.5, 0.6) is 0 Å². The van der Waals surface area contributed by atoms with E-state index in [1.54, 1.807) is 6.07 Å². The SMILES string of the molecule is CC[C@H](N)C(=O)N1CCCC1c1ccc(Cl)c(Cl)c1. The fourth-order valence-corrected chi connectivity index (χ4v) is 2.79. The van der Waals surface area contributed by atoms with Crippen LogP contribution in [0.15, 0.2) is 18.2 Å². The molecule has 0 aliphatic carbocycles. The molecule has 1 aromatic rings.